The van der Waals surface area contributed by atoms with Gasteiger partial charge in [0, 0.05) is 41.9 Å². The summed E-state index contributed by atoms with van der Waals surface area (Å²) in [5.74, 6) is -0.360. The van der Waals surface area contributed by atoms with Crippen molar-refractivity contribution in [3.05, 3.63) is 58.9 Å². The fourth-order valence-corrected chi connectivity index (χ4v) is 3.41. The number of carbonyl (C=O) groups is 1. The van der Waals surface area contributed by atoms with E-state index in [9.17, 15) is 9.18 Å². The summed E-state index contributed by atoms with van der Waals surface area (Å²) in [5.41, 5.74) is 1.81. The summed E-state index contributed by atoms with van der Waals surface area (Å²) in [4.78, 5) is 14.7. The van der Waals surface area contributed by atoms with Gasteiger partial charge in [0.25, 0.3) is 5.91 Å². The van der Waals surface area contributed by atoms with Crippen LogP contribution in [0, 0.1) is 5.82 Å². The van der Waals surface area contributed by atoms with Gasteiger partial charge in [0.2, 0.25) is 0 Å². The molecule has 0 bridgehead atoms. The van der Waals surface area contributed by atoms with E-state index in [0.717, 1.165) is 18.4 Å². The lowest BCUT2D eigenvalue weighted by Gasteiger charge is -2.33. The molecule has 5 heteroatoms. The first-order chi connectivity index (χ1) is 12.1. The van der Waals surface area contributed by atoms with Crippen LogP contribution < -0.4 is 0 Å². The fraction of sp³-hybridized carbons (Fsp3) is 0.350. The van der Waals surface area contributed by atoms with Gasteiger partial charge >= 0.3 is 0 Å². The normalized spacial score (nSPS) is 15.2. The van der Waals surface area contributed by atoms with E-state index in [4.69, 9.17) is 16.3 Å². The van der Waals surface area contributed by atoms with E-state index < -0.39 is 0 Å². The molecule has 1 aliphatic rings. The van der Waals surface area contributed by atoms with Gasteiger partial charge in [-0.05, 0) is 55.7 Å². The molecule has 25 heavy (non-hydrogen) atoms. The topological polar surface area (TPSA) is 29.5 Å². The lowest BCUT2D eigenvalue weighted by Crippen LogP contribution is -2.43. The Bertz CT molecular complexity index is 742. The number of halogens is 2. The number of nitrogens with zero attached hydrogens (tertiary/aromatic N) is 1. The Balaban J connectivity index is 1.79. The van der Waals surface area contributed by atoms with Crippen molar-refractivity contribution in [2.45, 2.75) is 25.8 Å². The van der Waals surface area contributed by atoms with Gasteiger partial charge in [-0.1, -0.05) is 23.7 Å². The maximum absolute atomic E-state index is 14.0. The summed E-state index contributed by atoms with van der Waals surface area (Å²) >= 11 is 5.80. The Morgan fingerprint density at radius 1 is 1.20 bits per heavy atom. The van der Waals surface area contributed by atoms with Gasteiger partial charge in [0.15, 0.2) is 0 Å². The zero-order chi connectivity index (χ0) is 17.8. The van der Waals surface area contributed by atoms with Crippen LogP contribution in [-0.4, -0.2) is 36.6 Å². The molecule has 2 aromatic carbocycles. The minimum Gasteiger partial charge on any atom is -0.381 e. The van der Waals surface area contributed by atoms with Crippen LogP contribution in [0.2, 0.25) is 5.02 Å². The van der Waals surface area contributed by atoms with Gasteiger partial charge in [-0.2, -0.15) is 0 Å². The van der Waals surface area contributed by atoms with Crippen molar-refractivity contribution < 1.29 is 13.9 Å². The Morgan fingerprint density at radius 3 is 2.48 bits per heavy atom. The summed E-state index contributed by atoms with van der Waals surface area (Å²) < 4.78 is 19.4. The van der Waals surface area contributed by atoms with E-state index in [1.54, 1.807) is 36.4 Å². The molecule has 3 rings (SSSR count). The van der Waals surface area contributed by atoms with Crippen molar-refractivity contribution >= 4 is 17.5 Å². The molecule has 0 spiro atoms. The van der Waals surface area contributed by atoms with Crippen molar-refractivity contribution in [2.24, 2.45) is 0 Å². The maximum Gasteiger partial charge on any atom is 0.254 e. The van der Waals surface area contributed by atoms with Crippen LogP contribution >= 0.6 is 11.6 Å². The molecule has 0 N–H and O–H groups in total. The third-order valence-electron chi connectivity index (χ3n) is 4.61. The average Bonchev–Trinajstić information content (AvgIpc) is 2.63. The van der Waals surface area contributed by atoms with E-state index in [2.05, 4.69) is 0 Å². The van der Waals surface area contributed by atoms with E-state index in [0.29, 0.717) is 35.9 Å². The molecule has 0 unspecified atom stereocenters. The van der Waals surface area contributed by atoms with E-state index >= 15 is 0 Å². The Kier molecular flexibility index (Phi) is 5.71. The number of benzene rings is 2. The fourth-order valence-electron chi connectivity index (χ4n) is 3.25. The smallest absolute Gasteiger partial charge is 0.254 e. The van der Waals surface area contributed by atoms with Crippen LogP contribution in [0.4, 0.5) is 4.39 Å². The highest BCUT2D eigenvalue weighted by Gasteiger charge is 2.25. The third kappa shape index (κ3) is 4.02. The molecule has 0 aromatic heterocycles. The summed E-state index contributed by atoms with van der Waals surface area (Å²) in [6, 6.07) is 11.9. The molecule has 1 saturated heterocycles. The third-order valence-corrected chi connectivity index (χ3v) is 4.84. The van der Waals surface area contributed by atoms with Gasteiger partial charge in [0.1, 0.15) is 5.82 Å². The molecule has 0 saturated carbocycles. The average molecular weight is 362 g/mol. The van der Waals surface area contributed by atoms with Crippen molar-refractivity contribution in [1.29, 1.82) is 0 Å². The number of ether oxygens (including phenoxy) is 1. The van der Waals surface area contributed by atoms with Gasteiger partial charge in [0.05, 0.1) is 0 Å². The van der Waals surface area contributed by atoms with Crippen LogP contribution in [-0.2, 0) is 4.74 Å². The molecule has 1 fully saturated rings. The van der Waals surface area contributed by atoms with Crippen LogP contribution in [0.1, 0.15) is 30.1 Å². The summed E-state index contributed by atoms with van der Waals surface area (Å²) in [6.45, 7) is 4.05. The zero-order valence-electron chi connectivity index (χ0n) is 14.2. The second-order valence-electron chi connectivity index (χ2n) is 6.14. The van der Waals surface area contributed by atoms with Gasteiger partial charge in [-0.15, -0.1) is 0 Å². The van der Waals surface area contributed by atoms with E-state index in [1.807, 2.05) is 11.8 Å². The Hall–Kier alpha value is -1.91. The van der Waals surface area contributed by atoms with Gasteiger partial charge in [-0.25, -0.2) is 4.39 Å². The minimum absolute atomic E-state index is 0.0116. The quantitative estimate of drug-likeness (QED) is 0.783. The van der Waals surface area contributed by atoms with E-state index in [-0.39, 0.29) is 17.8 Å². The highest BCUT2D eigenvalue weighted by molar-refractivity contribution is 6.30. The standard InChI is InChI=1S/C20H21ClFNO2/c1-2-23(17-9-11-25-12-10-17)20(24)15-5-3-14(4-6-15)18-8-7-16(21)13-19(18)22/h3-8,13,17H,2,9-12H2,1H3. The lowest BCUT2D eigenvalue weighted by atomic mass is 10.0. The van der Waals surface area contributed by atoms with Gasteiger partial charge in [-0.3, -0.25) is 4.79 Å². The molecule has 132 valence electrons. The Morgan fingerprint density at radius 2 is 1.88 bits per heavy atom. The van der Waals surface area contributed by atoms with Crippen LogP contribution in [0.25, 0.3) is 11.1 Å². The molecule has 1 heterocycles. The lowest BCUT2D eigenvalue weighted by molar-refractivity contribution is 0.0305. The first-order valence-corrected chi connectivity index (χ1v) is 8.92. The summed E-state index contributed by atoms with van der Waals surface area (Å²) in [7, 11) is 0. The van der Waals surface area contributed by atoms with Crippen LogP contribution in [0.15, 0.2) is 42.5 Å². The van der Waals surface area contributed by atoms with Crippen molar-refractivity contribution in [3.8, 4) is 11.1 Å². The molecule has 1 aliphatic heterocycles. The van der Waals surface area contributed by atoms with Gasteiger partial charge < -0.3 is 9.64 Å². The molecule has 1 amide bonds. The first kappa shape index (κ1) is 17.9. The number of hydrogen-bond donors (Lipinski definition) is 0. The van der Waals surface area contributed by atoms with Crippen LogP contribution in [0.5, 0.6) is 0 Å². The SMILES string of the molecule is CCN(C(=O)c1ccc(-c2ccc(Cl)cc2F)cc1)C1CCOCC1. The highest BCUT2D eigenvalue weighted by Crippen LogP contribution is 2.26. The predicted molar refractivity (Wildman–Crippen MR) is 97.4 cm³/mol. The summed E-state index contributed by atoms with van der Waals surface area (Å²) in [5, 5.41) is 0.364. The monoisotopic (exact) mass is 361 g/mol. The Labute approximate surface area is 152 Å². The second-order valence-corrected chi connectivity index (χ2v) is 6.57. The highest BCUT2D eigenvalue weighted by atomic mass is 35.5. The van der Waals surface area contributed by atoms with E-state index in [1.165, 1.54) is 6.07 Å². The first-order valence-electron chi connectivity index (χ1n) is 8.54. The van der Waals surface area contributed by atoms with Crippen molar-refractivity contribution in [1.82, 2.24) is 4.90 Å². The number of rotatable bonds is 4. The zero-order valence-corrected chi connectivity index (χ0v) is 14.9. The van der Waals surface area contributed by atoms with Crippen molar-refractivity contribution in [2.75, 3.05) is 19.8 Å². The molecular formula is C20H21ClFNO2. The molecule has 0 aliphatic carbocycles. The predicted octanol–water partition coefficient (Wildman–Crippen LogP) is 4.79. The largest absolute Gasteiger partial charge is 0.381 e. The molecule has 2 aromatic rings. The molecular weight excluding hydrogens is 341 g/mol. The van der Waals surface area contributed by atoms with Crippen molar-refractivity contribution in [3.63, 3.8) is 0 Å². The number of hydrogen-bond acceptors (Lipinski definition) is 2. The number of amides is 1. The molecule has 0 atom stereocenters. The molecule has 0 radical (unpaired) electrons. The maximum atomic E-state index is 14.0. The number of carbonyl (C=O) groups excluding carboxylic acids is 1. The summed E-state index contributed by atoms with van der Waals surface area (Å²) in [6.07, 6.45) is 1.74. The molecule has 3 nitrogen and oxygen atoms in total. The minimum atomic E-state index is -0.371. The van der Waals surface area contributed by atoms with Crippen LogP contribution in [0.3, 0.4) is 0 Å². The second kappa shape index (κ2) is 7.98.